The quantitative estimate of drug-likeness (QED) is 0.809. The lowest BCUT2D eigenvalue weighted by molar-refractivity contribution is 0.189. The highest BCUT2D eigenvalue weighted by Gasteiger charge is 2.33. The van der Waals surface area contributed by atoms with Crippen LogP contribution in [0.15, 0.2) is 17.0 Å². The van der Waals surface area contributed by atoms with Gasteiger partial charge in [0.1, 0.15) is 4.90 Å². The highest BCUT2D eigenvalue weighted by molar-refractivity contribution is 9.08. The molecule has 19 heavy (non-hydrogen) atoms. The molecule has 8 heteroatoms. The van der Waals surface area contributed by atoms with E-state index in [9.17, 15) is 13.5 Å². The Balaban J connectivity index is 2.47. The van der Waals surface area contributed by atoms with Crippen molar-refractivity contribution in [1.29, 1.82) is 0 Å². The minimum absolute atomic E-state index is 0.0297. The van der Waals surface area contributed by atoms with Crippen LogP contribution in [0.4, 0.5) is 0 Å². The maximum absolute atomic E-state index is 12.5. The van der Waals surface area contributed by atoms with Crippen molar-refractivity contribution in [1.82, 2.24) is 4.31 Å². The molecule has 1 atom stereocenters. The maximum atomic E-state index is 12.5. The fraction of sp³-hybridized carbons (Fsp3) is 0.455. The zero-order chi connectivity index (χ0) is 14.2. The van der Waals surface area contributed by atoms with Crippen LogP contribution in [-0.4, -0.2) is 37.0 Å². The summed E-state index contributed by atoms with van der Waals surface area (Å²) < 4.78 is 26.1. The van der Waals surface area contributed by atoms with E-state index in [2.05, 4.69) is 15.9 Å². The van der Waals surface area contributed by atoms with Crippen molar-refractivity contribution in [2.24, 2.45) is 0 Å². The van der Waals surface area contributed by atoms with Crippen LogP contribution in [0.3, 0.4) is 0 Å². The van der Waals surface area contributed by atoms with Crippen LogP contribution in [-0.2, 0) is 15.4 Å². The average Bonchev–Trinajstić information content (AvgIpc) is 2.77. The molecule has 1 aliphatic heterocycles. The topological polar surface area (TPSA) is 57.6 Å². The number of aliphatic hydroxyl groups is 1. The minimum atomic E-state index is -3.69. The lowest BCUT2D eigenvalue weighted by Gasteiger charge is -2.18. The summed E-state index contributed by atoms with van der Waals surface area (Å²) in [6.45, 7) is 0.400. The van der Waals surface area contributed by atoms with E-state index < -0.39 is 16.1 Å². The third kappa shape index (κ3) is 2.94. The van der Waals surface area contributed by atoms with Crippen molar-refractivity contribution < 1.29 is 13.5 Å². The molecule has 1 aliphatic rings. The van der Waals surface area contributed by atoms with Crippen molar-refractivity contribution in [3.63, 3.8) is 0 Å². The molecule has 0 unspecified atom stereocenters. The monoisotopic (exact) mass is 387 g/mol. The molecule has 0 bridgehead atoms. The van der Waals surface area contributed by atoms with Crippen molar-refractivity contribution in [2.45, 2.75) is 22.8 Å². The maximum Gasteiger partial charge on any atom is 0.244 e. The minimum Gasteiger partial charge on any atom is -0.392 e. The number of β-amino-alcohol motifs (C(OH)–C–C–N with tert-alkyl or cyclic N) is 1. The van der Waals surface area contributed by atoms with Gasteiger partial charge in [0.05, 0.1) is 11.1 Å². The summed E-state index contributed by atoms with van der Waals surface area (Å²) in [5.41, 5.74) is 0.546. The van der Waals surface area contributed by atoms with Crippen LogP contribution in [0.2, 0.25) is 10.0 Å². The SMILES string of the molecule is O=S(=O)(c1ccc(Cl)c(CBr)c1Cl)N1CC[C@H](O)C1. The Kier molecular flexibility index (Phi) is 4.80. The summed E-state index contributed by atoms with van der Waals surface area (Å²) >= 11 is 15.3. The molecule has 1 N–H and O–H groups in total. The molecule has 1 aromatic rings. The molecule has 0 saturated carbocycles. The first-order valence-electron chi connectivity index (χ1n) is 5.59. The predicted octanol–water partition coefficient (Wildman–Crippen LogP) is 2.64. The normalized spacial score (nSPS) is 20.9. The number of aliphatic hydroxyl groups excluding tert-OH is 1. The van der Waals surface area contributed by atoms with Crippen molar-refractivity contribution >= 4 is 49.2 Å². The van der Waals surface area contributed by atoms with Crippen molar-refractivity contribution in [3.8, 4) is 0 Å². The lowest BCUT2D eigenvalue weighted by Crippen LogP contribution is -2.30. The third-order valence-corrected chi connectivity index (χ3v) is 6.39. The summed E-state index contributed by atoms with van der Waals surface area (Å²) in [4.78, 5) is 0.0297. The highest BCUT2D eigenvalue weighted by atomic mass is 79.9. The first-order chi connectivity index (χ1) is 8.87. The molecule has 0 radical (unpaired) electrons. The van der Waals surface area contributed by atoms with Gasteiger partial charge in [0.25, 0.3) is 0 Å². The van der Waals surface area contributed by atoms with E-state index in [4.69, 9.17) is 23.2 Å². The molecule has 1 aromatic carbocycles. The second kappa shape index (κ2) is 5.87. The third-order valence-electron chi connectivity index (χ3n) is 3.03. The van der Waals surface area contributed by atoms with E-state index in [0.29, 0.717) is 28.9 Å². The highest BCUT2D eigenvalue weighted by Crippen LogP contribution is 2.34. The summed E-state index contributed by atoms with van der Waals surface area (Å²) in [6, 6.07) is 2.92. The van der Waals surface area contributed by atoms with E-state index in [1.165, 1.54) is 16.4 Å². The van der Waals surface area contributed by atoms with Gasteiger partial charge in [0, 0.05) is 29.0 Å². The van der Waals surface area contributed by atoms with Crippen LogP contribution in [0.1, 0.15) is 12.0 Å². The summed E-state index contributed by atoms with van der Waals surface area (Å²) in [6.07, 6.45) is -0.174. The molecule has 1 heterocycles. The number of hydrogen-bond donors (Lipinski definition) is 1. The number of nitrogens with zero attached hydrogens (tertiary/aromatic N) is 1. The zero-order valence-corrected chi connectivity index (χ0v) is 13.7. The number of alkyl halides is 1. The molecule has 0 aliphatic carbocycles. The van der Waals surface area contributed by atoms with Gasteiger partial charge < -0.3 is 5.11 Å². The van der Waals surface area contributed by atoms with E-state index in [1.807, 2.05) is 0 Å². The van der Waals surface area contributed by atoms with Gasteiger partial charge in [0.2, 0.25) is 10.0 Å². The Morgan fingerprint density at radius 2 is 2.11 bits per heavy atom. The molecule has 0 aromatic heterocycles. The molecular formula is C11H12BrCl2NO3S. The lowest BCUT2D eigenvalue weighted by atomic mass is 10.2. The van der Waals surface area contributed by atoms with Gasteiger partial charge in [-0.1, -0.05) is 39.1 Å². The van der Waals surface area contributed by atoms with E-state index in [1.54, 1.807) is 0 Å². The Morgan fingerprint density at radius 1 is 1.42 bits per heavy atom. The average molecular weight is 389 g/mol. The van der Waals surface area contributed by atoms with Crippen molar-refractivity contribution in [2.75, 3.05) is 13.1 Å². The second-order valence-corrected chi connectivity index (χ2v) is 7.53. The summed E-state index contributed by atoms with van der Waals surface area (Å²) in [5, 5.41) is 10.4. The smallest absolute Gasteiger partial charge is 0.244 e. The fourth-order valence-corrected chi connectivity index (χ4v) is 5.25. The molecule has 1 fully saturated rings. The molecule has 106 valence electrons. The number of hydrogen-bond acceptors (Lipinski definition) is 3. The van der Waals surface area contributed by atoms with Gasteiger partial charge >= 0.3 is 0 Å². The van der Waals surface area contributed by atoms with Gasteiger partial charge in [0.15, 0.2) is 0 Å². The van der Waals surface area contributed by atoms with Gasteiger partial charge in [-0.05, 0) is 18.6 Å². The van der Waals surface area contributed by atoms with Crippen LogP contribution in [0, 0.1) is 0 Å². The Hall–Kier alpha value is 0.150. The van der Waals surface area contributed by atoms with E-state index in [0.717, 1.165) is 0 Å². The van der Waals surface area contributed by atoms with E-state index in [-0.39, 0.29) is 16.5 Å². The standard InChI is InChI=1S/C11H12BrCl2NO3S/c12-5-8-9(13)1-2-10(11(8)14)19(17,18)15-4-3-7(16)6-15/h1-2,7,16H,3-6H2/t7-/m0/s1. The largest absolute Gasteiger partial charge is 0.392 e. The Bertz CT molecular complexity index is 594. The molecule has 1 saturated heterocycles. The number of rotatable bonds is 3. The number of sulfonamides is 1. The first-order valence-corrected chi connectivity index (χ1v) is 8.90. The second-order valence-electron chi connectivity index (χ2n) is 4.28. The fourth-order valence-electron chi connectivity index (χ4n) is 1.97. The van der Waals surface area contributed by atoms with E-state index >= 15 is 0 Å². The van der Waals surface area contributed by atoms with Gasteiger partial charge in [-0.2, -0.15) is 4.31 Å². The Morgan fingerprint density at radius 3 is 2.63 bits per heavy atom. The van der Waals surface area contributed by atoms with Crippen LogP contribution < -0.4 is 0 Å². The van der Waals surface area contributed by atoms with Crippen LogP contribution in [0.5, 0.6) is 0 Å². The van der Waals surface area contributed by atoms with Gasteiger partial charge in [-0.15, -0.1) is 0 Å². The molecule has 2 rings (SSSR count). The summed E-state index contributed by atoms with van der Waals surface area (Å²) in [7, 11) is -3.69. The zero-order valence-electron chi connectivity index (χ0n) is 9.81. The predicted molar refractivity (Wildman–Crippen MR) is 78.5 cm³/mol. The molecular weight excluding hydrogens is 377 g/mol. The van der Waals surface area contributed by atoms with Crippen LogP contribution >= 0.6 is 39.1 Å². The Labute approximate surface area is 130 Å². The van der Waals surface area contributed by atoms with Crippen molar-refractivity contribution in [3.05, 3.63) is 27.7 Å². The summed E-state index contributed by atoms with van der Waals surface area (Å²) in [5.74, 6) is 0. The van der Waals surface area contributed by atoms with Gasteiger partial charge in [-0.25, -0.2) is 8.42 Å². The molecule has 0 amide bonds. The number of benzene rings is 1. The first kappa shape index (κ1) is 15.5. The van der Waals surface area contributed by atoms with Gasteiger partial charge in [-0.3, -0.25) is 0 Å². The molecule has 0 spiro atoms. The van der Waals surface area contributed by atoms with Crippen LogP contribution in [0.25, 0.3) is 0 Å². The number of halogens is 3. The molecule has 4 nitrogen and oxygen atoms in total.